The third kappa shape index (κ3) is 4.39. The van der Waals surface area contributed by atoms with Crippen LogP contribution in [0.4, 0.5) is 9.18 Å². The van der Waals surface area contributed by atoms with Gasteiger partial charge in [0.2, 0.25) is 0 Å². The van der Waals surface area contributed by atoms with Crippen LogP contribution in [0.2, 0.25) is 5.15 Å². The van der Waals surface area contributed by atoms with E-state index in [9.17, 15) is 14.0 Å². The van der Waals surface area contributed by atoms with Crippen molar-refractivity contribution in [3.05, 3.63) is 28.8 Å². The van der Waals surface area contributed by atoms with Gasteiger partial charge in [-0.2, -0.15) is 0 Å². The van der Waals surface area contributed by atoms with Crippen molar-refractivity contribution in [3.8, 4) is 0 Å². The lowest BCUT2D eigenvalue weighted by Crippen LogP contribution is -2.50. The van der Waals surface area contributed by atoms with E-state index in [1.165, 1.54) is 17.2 Å². The van der Waals surface area contributed by atoms with Crippen LogP contribution < -0.4 is 0 Å². The van der Waals surface area contributed by atoms with E-state index in [2.05, 4.69) is 4.98 Å². The average Bonchev–Trinajstić information content (AvgIpc) is 2.48. The van der Waals surface area contributed by atoms with E-state index in [4.69, 9.17) is 21.1 Å². The second-order valence-electron chi connectivity index (χ2n) is 6.11. The van der Waals surface area contributed by atoms with Gasteiger partial charge in [0.05, 0.1) is 18.7 Å². The molecule has 2 rings (SSSR count). The fourth-order valence-corrected chi connectivity index (χ4v) is 2.24. The van der Waals surface area contributed by atoms with E-state index in [1.807, 2.05) is 0 Å². The molecule has 1 aliphatic heterocycles. The van der Waals surface area contributed by atoms with Crippen molar-refractivity contribution < 1.29 is 23.5 Å². The summed E-state index contributed by atoms with van der Waals surface area (Å²) in [6, 6.07) is 1.24. The molecule has 1 atom stereocenters. The number of halogens is 2. The highest BCUT2D eigenvalue weighted by Crippen LogP contribution is 2.20. The number of hydrogen-bond donors (Lipinski definition) is 0. The third-order valence-electron chi connectivity index (χ3n) is 3.12. The second-order valence-corrected chi connectivity index (χ2v) is 6.47. The topological polar surface area (TPSA) is 68.7 Å². The number of carbonyl (C=O) groups is 2. The minimum atomic E-state index is -0.968. The van der Waals surface area contributed by atoms with Crippen LogP contribution in [-0.4, -0.2) is 53.2 Å². The molecule has 0 unspecified atom stereocenters. The Kier molecular flexibility index (Phi) is 5.21. The van der Waals surface area contributed by atoms with Crippen LogP contribution in [-0.2, 0) is 9.47 Å². The summed E-state index contributed by atoms with van der Waals surface area (Å²) in [7, 11) is 0. The van der Waals surface area contributed by atoms with Crippen LogP contribution in [0, 0.1) is 5.82 Å². The Morgan fingerprint density at radius 3 is 2.83 bits per heavy atom. The molecule has 0 N–H and O–H groups in total. The summed E-state index contributed by atoms with van der Waals surface area (Å²) >= 11 is 5.58. The van der Waals surface area contributed by atoms with Crippen molar-refractivity contribution in [1.29, 1.82) is 0 Å². The van der Waals surface area contributed by atoms with Crippen molar-refractivity contribution in [2.75, 3.05) is 19.7 Å². The van der Waals surface area contributed by atoms with Crippen LogP contribution in [0.1, 0.15) is 31.1 Å². The molecule has 1 aromatic heterocycles. The third-order valence-corrected chi connectivity index (χ3v) is 3.39. The molecule has 1 fully saturated rings. The Hall–Kier alpha value is -1.73. The number of amides is 1. The molecule has 2 heterocycles. The first-order valence-corrected chi connectivity index (χ1v) is 7.50. The summed E-state index contributed by atoms with van der Waals surface area (Å²) in [6.45, 7) is 5.72. The number of nitrogens with zero attached hydrogens (tertiary/aromatic N) is 2. The minimum absolute atomic E-state index is 0.00682. The monoisotopic (exact) mass is 344 g/mol. The lowest BCUT2D eigenvalue weighted by molar-refractivity contribution is -0.0322. The van der Waals surface area contributed by atoms with Crippen LogP contribution in [0.5, 0.6) is 0 Å². The minimum Gasteiger partial charge on any atom is -0.444 e. The lowest BCUT2D eigenvalue weighted by Gasteiger charge is -2.33. The van der Waals surface area contributed by atoms with Crippen LogP contribution in [0.3, 0.4) is 0 Å². The molecule has 23 heavy (non-hydrogen) atoms. The summed E-state index contributed by atoms with van der Waals surface area (Å²) < 4.78 is 24.5. The molecule has 0 bridgehead atoms. The molecule has 0 spiro atoms. The van der Waals surface area contributed by atoms with E-state index < -0.39 is 29.4 Å². The smallest absolute Gasteiger partial charge is 0.410 e. The molecule has 1 saturated heterocycles. The molecular formula is C15H18ClFN2O4. The van der Waals surface area contributed by atoms with Gasteiger partial charge in [-0.15, -0.1) is 0 Å². The summed E-state index contributed by atoms with van der Waals surface area (Å²) in [4.78, 5) is 29.4. The number of ether oxygens (including phenoxy) is 2. The highest BCUT2D eigenvalue weighted by Gasteiger charge is 2.33. The molecule has 1 aromatic rings. The van der Waals surface area contributed by atoms with Crippen molar-refractivity contribution >= 4 is 23.5 Å². The number of morpholine rings is 1. The highest BCUT2D eigenvalue weighted by molar-refractivity contribution is 6.30. The fraction of sp³-hybridized carbons (Fsp3) is 0.533. The van der Waals surface area contributed by atoms with E-state index in [-0.39, 0.29) is 23.9 Å². The zero-order valence-corrected chi connectivity index (χ0v) is 13.9. The molecule has 0 radical (unpaired) electrons. The van der Waals surface area contributed by atoms with E-state index in [0.717, 1.165) is 0 Å². The van der Waals surface area contributed by atoms with Gasteiger partial charge in [-0.3, -0.25) is 4.79 Å². The van der Waals surface area contributed by atoms with Crippen molar-refractivity contribution in [3.63, 3.8) is 0 Å². The average molecular weight is 345 g/mol. The fourth-order valence-electron chi connectivity index (χ4n) is 2.08. The zero-order chi connectivity index (χ0) is 17.2. The van der Waals surface area contributed by atoms with E-state index in [1.54, 1.807) is 20.8 Å². The number of pyridine rings is 1. The predicted octanol–water partition coefficient (Wildman–Crippen LogP) is 2.69. The number of aromatic nitrogens is 1. The second kappa shape index (κ2) is 6.80. The van der Waals surface area contributed by atoms with E-state index >= 15 is 0 Å². The van der Waals surface area contributed by atoms with Crippen LogP contribution in [0.25, 0.3) is 0 Å². The molecular weight excluding hydrogens is 327 g/mol. The Balaban J connectivity index is 2.10. The summed E-state index contributed by atoms with van der Waals surface area (Å²) in [5.74, 6) is -1.47. The maximum absolute atomic E-state index is 13.9. The number of carbonyl (C=O) groups excluding carboxylic acids is 2. The number of Topliss-reactive ketones (excluding diaryl/α,β-unsaturated/α-hetero) is 1. The van der Waals surface area contributed by atoms with Gasteiger partial charge < -0.3 is 14.4 Å². The Morgan fingerprint density at radius 1 is 1.48 bits per heavy atom. The van der Waals surface area contributed by atoms with Gasteiger partial charge in [0, 0.05) is 12.7 Å². The Labute approximate surface area is 138 Å². The highest BCUT2D eigenvalue weighted by atomic mass is 35.5. The first-order chi connectivity index (χ1) is 10.7. The molecule has 0 saturated carbocycles. The first kappa shape index (κ1) is 17.6. The summed E-state index contributed by atoms with van der Waals surface area (Å²) in [6.07, 6.45) is -0.260. The maximum atomic E-state index is 13.9. The van der Waals surface area contributed by atoms with Crippen molar-refractivity contribution in [2.24, 2.45) is 0 Å². The summed E-state index contributed by atoms with van der Waals surface area (Å²) in [5.41, 5.74) is -0.847. The molecule has 6 nitrogen and oxygen atoms in total. The van der Waals surface area contributed by atoms with Crippen molar-refractivity contribution in [1.82, 2.24) is 9.88 Å². The van der Waals surface area contributed by atoms with Gasteiger partial charge in [-0.25, -0.2) is 14.2 Å². The van der Waals surface area contributed by atoms with Crippen LogP contribution >= 0.6 is 11.6 Å². The SMILES string of the molecule is CC(C)(C)OC(=O)N1CCO[C@@H](C(=O)c2ccnc(Cl)c2F)C1. The number of ketones is 1. The van der Waals surface area contributed by atoms with Crippen molar-refractivity contribution in [2.45, 2.75) is 32.5 Å². The van der Waals surface area contributed by atoms with Gasteiger partial charge in [-0.05, 0) is 26.8 Å². The summed E-state index contributed by atoms with van der Waals surface area (Å²) in [5, 5.41) is -0.379. The van der Waals surface area contributed by atoms with Gasteiger partial charge in [0.25, 0.3) is 0 Å². The first-order valence-electron chi connectivity index (χ1n) is 7.13. The molecule has 8 heteroatoms. The molecule has 0 aliphatic carbocycles. The number of hydrogen-bond acceptors (Lipinski definition) is 5. The van der Waals surface area contributed by atoms with E-state index in [0.29, 0.717) is 6.54 Å². The quantitative estimate of drug-likeness (QED) is 0.609. The zero-order valence-electron chi connectivity index (χ0n) is 13.1. The van der Waals surface area contributed by atoms with Gasteiger partial charge in [0.15, 0.2) is 16.8 Å². The van der Waals surface area contributed by atoms with Crippen LogP contribution in [0.15, 0.2) is 12.3 Å². The standard InChI is InChI=1S/C15H18ClFN2O4/c1-15(2,3)23-14(21)19-6-7-22-10(8-19)12(20)9-4-5-18-13(16)11(9)17/h4-5,10H,6-8H2,1-3H3/t10-/m1/s1. The molecule has 126 valence electrons. The normalized spacial score (nSPS) is 18.7. The van der Waals surface area contributed by atoms with Gasteiger partial charge in [-0.1, -0.05) is 11.6 Å². The van der Waals surface area contributed by atoms with Gasteiger partial charge in [0.1, 0.15) is 11.7 Å². The molecule has 1 aliphatic rings. The maximum Gasteiger partial charge on any atom is 0.410 e. The molecule has 0 aromatic carbocycles. The Bertz CT molecular complexity index is 618. The predicted molar refractivity (Wildman–Crippen MR) is 81.1 cm³/mol. The Morgan fingerprint density at radius 2 is 2.17 bits per heavy atom. The van der Waals surface area contributed by atoms with Gasteiger partial charge >= 0.3 is 6.09 Å². The number of rotatable bonds is 2. The molecule has 1 amide bonds. The largest absolute Gasteiger partial charge is 0.444 e. The lowest BCUT2D eigenvalue weighted by atomic mass is 10.1.